The summed E-state index contributed by atoms with van der Waals surface area (Å²) < 4.78 is 2.67. The van der Waals surface area contributed by atoms with Gasteiger partial charge < -0.3 is 0 Å². The average Bonchev–Trinajstić information content (AvgIpc) is 2.64. The van der Waals surface area contributed by atoms with Gasteiger partial charge in [0.05, 0.1) is 4.47 Å². The summed E-state index contributed by atoms with van der Waals surface area (Å²) in [7, 11) is 0. The van der Waals surface area contributed by atoms with Crippen LogP contribution in [0.1, 0.15) is 24.3 Å². The highest BCUT2D eigenvalue weighted by atomic mass is 79.9. The normalized spacial score (nSPS) is 16.8. The van der Waals surface area contributed by atoms with Crippen LogP contribution in [0, 0.1) is 0 Å². The Bertz CT molecular complexity index is 261. The molecule has 3 heteroatoms. The Morgan fingerprint density at radius 1 is 1.45 bits per heavy atom. The van der Waals surface area contributed by atoms with Crippen molar-refractivity contribution in [2.75, 3.05) is 5.84 Å². The predicted molar refractivity (Wildman–Crippen MR) is 46.5 cm³/mol. The minimum absolute atomic E-state index is 0.766. The number of aromatic nitrogens is 1. The molecule has 1 aromatic rings. The Morgan fingerprint density at radius 2 is 2.18 bits per heavy atom. The SMILES string of the molecule is N[n+]1cc(Br)cc(C2CC2)c1. The van der Waals surface area contributed by atoms with Crippen LogP contribution in [0.5, 0.6) is 0 Å². The molecule has 0 unspecified atom stereocenters. The zero-order valence-electron chi connectivity index (χ0n) is 6.13. The largest absolute Gasteiger partial charge is 0.213 e. The zero-order chi connectivity index (χ0) is 7.84. The number of halogens is 1. The quantitative estimate of drug-likeness (QED) is 0.554. The summed E-state index contributed by atoms with van der Waals surface area (Å²) in [6, 6.07) is 2.14. The van der Waals surface area contributed by atoms with Gasteiger partial charge in [0.2, 0.25) is 12.4 Å². The van der Waals surface area contributed by atoms with Crippen molar-refractivity contribution >= 4 is 15.9 Å². The lowest BCUT2D eigenvalue weighted by molar-refractivity contribution is -0.639. The monoisotopic (exact) mass is 213 g/mol. The highest BCUT2D eigenvalue weighted by Gasteiger charge is 2.26. The van der Waals surface area contributed by atoms with Gasteiger partial charge in [0, 0.05) is 5.56 Å². The number of nitrogens with zero attached hydrogens (tertiary/aromatic N) is 1. The standard InChI is InChI=1S/C8H10BrN2/c9-8-3-7(6-1-2-6)4-11(10)5-8/h3-6H,1-2,10H2/q+1. The fourth-order valence-corrected chi connectivity index (χ4v) is 1.73. The fraction of sp³-hybridized carbons (Fsp3) is 0.375. The van der Waals surface area contributed by atoms with E-state index in [4.69, 9.17) is 5.84 Å². The summed E-state index contributed by atoms with van der Waals surface area (Å²) in [5.74, 6) is 6.38. The molecule has 0 saturated heterocycles. The molecule has 0 aromatic carbocycles. The second-order valence-corrected chi connectivity index (χ2v) is 3.92. The molecule has 2 rings (SSSR count). The molecule has 0 bridgehead atoms. The van der Waals surface area contributed by atoms with Gasteiger partial charge in [-0.3, -0.25) is 0 Å². The Labute approximate surface area is 74.1 Å². The highest BCUT2D eigenvalue weighted by molar-refractivity contribution is 9.10. The molecule has 0 spiro atoms. The number of hydrogen-bond acceptors (Lipinski definition) is 1. The molecule has 2 N–H and O–H groups in total. The van der Waals surface area contributed by atoms with E-state index in [0.717, 1.165) is 10.4 Å². The van der Waals surface area contributed by atoms with Crippen LogP contribution in [0.4, 0.5) is 0 Å². The van der Waals surface area contributed by atoms with Crippen LogP contribution < -0.4 is 10.5 Å². The average molecular weight is 214 g/mol. The van der Waals surface area contributed by atoms with Gasteiger partial charge in [-0.05, 0) is 40.8 Å². The first kappa shape index (κ1) is 7.10. The van der Waals surface area contributed by atoms with Crippen LogP contribution in [0.2, 0.25) is 0 Å². The molecule has 0 atom stereocenters. The molecular weight excluding hydrogens is 204 g/mol. The molecule has 58 valence electrons. The van der Waals surface area contributed by atoms with Crippen molar-refractivity contribution in [3.05, 3.63) is 28.5 Å². The zero-order valence-corrected chi connectivity index (χ0v) is 7.71. The molecule has 1 aliphatic carbocycles. The second-order valence-electron chi connectivity index (χ2n) is 3.01. The van der Waals surface area contributed by atoms with Crippen LogP contribution >= 0.6 is 15.9 Å². The maximum Gasteiger partial charge on any atom is 0.213 e. The van der Waals surface area contributed by atoms with E-state index in [0.29, 0.717) is 0 Å². The van der Waals surface area contributed by atoms with Crippen LogP contribution in [-0.2, 0) is 0 Å². The highest BCUT2D eigenvalue weighted by Crippen LogP contribution is 2.39. The van der Waals surface area contributed by atoms with Gasteiger partial charge in [-0.15, -0.1) is 0 Å². The number of nitrogens with two attached hydrogens (primary N) is 1. The maximum atomic E-state index is 5.61. The minimum Gasteiger partial charge on any atom is -0.205 e. The van der Waals surface area contributed by atoms with Gasteiger partial charge in [0.1, 0.15) is 0 Å². The predicted octanol–water partition coefficient (Wildman–Crippen LogP) is 1.33. The molecule has 11 heavy (non-hydrogen) atoms. The molecule has 1 aliphatic rings. The first-order valence-corrected chi connectivity index (χ1v) is 4.52. The number of rotatable bonds is 1. The van der Waals surface area contributed by atoms with Crippen molar-refractivity contribution in [2.24, 2.45) is 0 Å². The van der Waals surface area contributed by atoms with Gasteiger partial charge in [0.15, 0.2) is 0 Å². The van der Waals surface area contributed by atoms with Crippen LogP contribution in [0.25, 0.3) is 0 Å². The van der Waals surface area contributed by atoms with Crippen molar-refractivity contribution < 1.29 is 4.68 Å². The van der Waals surface area contributed by atoms with E-state index in [1.165, 1.54) is 18.4 Å². The molecule has 0 aliphatic heterocycles. The maximum absolute atomic E-state index is 5.61. The Kier molecular flexibility index (Phi) is 1.60. The molecule has 1 heterocycles. The van der Waals surface area contributed by atoms with E-state index < -0.39 is 0 Å². The summed E-state index contributed by atoms with van der Waals surface area (Å²) in [6.45, 7) is 0. The Morgan fingerprint density at radius 3 is 2.73 bits per heavy atom. The lowest BCUT2D eigenvalue weighted by Crippen LogP contribution is -2.44. The van der Waals surface area contributed by atoms with Gasteiger partial charge in [-0.1, -0.05) is 4.68 Å². The van der Waals surface area contributed by atoms with Crippen LogP contribution in [-0.4, -0.2) is 0 Å². The third kappa shape index (κ3) is 1.53. The van der Waals surface area contributed by atoms with Gasteiger partial charge in [0.25, 0.3) is 0 Å². The molecule has 1 saturated carbocycles. The van der Waals surface area contributed by atoms with Crippen molar-refractivity contribution in [2.45, 2.75) is 18.8 Å². The van der Waals surface area contributed by atoms with E-state index in [-0.39, 0.29) is 0 Å². The van der Waals surface area contributed by atoms with E-state index in [1.807, 2.05) is 12.4 Å². The van der Waals surface area contributed by atoms with Crippen LogP contribution in [0.15, 0.2) is 22.9 Å². The minimum atomic E-state index is 0.766. The summed E-state index contributed by atoms with van der Waals surface area (Å²) >= 11 is 3.41. The Hall–Kier alpha value is -0.570. The van der Waals surface area contributed by atoms with E-state index >= 15 is 0 Å². The lowest BCUT2D eigenvalue weighted by atomic mass is 10.2. The van der Waals surface area contributed by atoms with E-state index in [1.54, 1.807) is 4.68 Å². The number of hydrogen-bond donors (Lipinski definition) is 1. The molecule has 0 amide bonds. The van der Waals surface area contributed by atoms with Gasteiger partial charge in [-0.2, -0.15) is 0 Å². The van der Waals surface area contributed by atoms with Gasteiger partial charge >= 0.3 is 0 Å². The lowest BCUT2D eigenvalue weighted by Gasteiger charge is -1.94. The third-order valence-corrected chi connectivity index (χ3v) is 2.36. The third-order valence-electron chi connectivity index (χ3n) is 1.92. The fourth-order valence-electron chi connectivity index (χ4n) is 1.23. The van der Waals surface area contributed by atoms with Crippen LogP contribution in [0.3, 0.4) is 0 Å². The number of nitrogen functional groups attached to an aromatic ring is 1. The first-order chi connectivity index (χ1) is 5.25. The van der Waals surface area contributed by atoms with Crippen molar-refractivity contribution in [1.29, 1.82) is 0 Å². The number of pyridine rings is 1. The van der Waals surface area contributed by atoms with Crippen molar-refractivity contribution in [3.63, 3.8) is 0 Å². The molecule has 1 fully saturated rings. The van der Waals surface area contributed by atoms with E-state index in [2.05, 4.69) is 22.0 Å². The second kappa shape index (κ2) is 2.48. The Balaban J connectivity index is 2.39. The molecule has 1 aromatic heterocycles. The first-order valence-electron chi connectivity index (χ1n) is 3.72. The smallest absolute Gasteiger partial charge is 0.205 e. The van der Waals surface area contributed by atoms with Crippen molar-refractivity contribution in [3.8, 4) is 0 Å². The van der Waals surface area contributed by atoms with E-state index in [9.17, 15) is 0 Å². The molecular formula is C8H10BrN2+. The van der Waals surface area contributed by atoms with Gasteiger partial charge in [-0.25, -0.2) is 5.84 Å². The summed E-state index contributed by atoms with van der Waals surface area (Å²) in [4.78, 5) is 0. The topological polar surface area (TPSA) is 29.9 Å². The molecule has 0 radical (unpaired) electrons. The summed E-state index contributed by atoms with van der Waals surface area (Å²) in [6.07, 6.45) is 6.47. The summed E-state index contributed by atoms with van der Waals surface area (Å²) in [5.41, 5.74) is 1.35. The summed E-state index contributed by atoms with van der Waals surface area (Å²) in [5, 5.41) is 0. The molecule has 2 nitrogen and oxygen atoms in total. The van der Waals surface area contributed by atoms with Crippen molar-refractivity contribution in [1.82, 2.24) is 0 Å².